The summed E-state index contributed by atoms with van der Waals surface area (Å²) in [5.41, 5.74) is 2.06. The van der Waals surface area contributed by atoms with Gasteiger partial charge in [0.1, 0.15) is 6.33 Å². The predicted molar refractivity (Wildman–Crippen MR) is 100 cm³/mol. The lowest BCUT2D eigenvalue weighted by molar-refractivity contribution is -0.384. The maximum atomic E-state index is 12.6. The van der Waals surface area contributed by atoms with Gasteiger partial charge in [0, 0.05) is 23.4 Å². The van der Waals surface area contributed by atoms with Crippen molar-refractivity contribution in [3.8, 4) is 11.3 Å². The number of sulfonamides is 1. The monoisotopic (exact) mass is 396 g/mol. The molecular weight excluding hydrogens is 384 g/mol. The third kappa shape index (κ3) is 3.38. The number of nitrogens with one attached hydrogen (secondary N) is 1. The highest BCUT2D eigenvalue weighted by Crippen LogP contribution is 2.24. The quantitative estimate of drug-likeness (QED) is 0.405. The molecule has 4 aromatic rings. The largest absolute Gasteiger partial charge is 0.280 e. The second-order valence-corrected chi connectivity index (χ2v) is 7.47. The molecule has 11 heteroatoms. The highest BCUT2D eigenvalue weighted by atomic mass is 32.2. The van der Waals surface area contributed by atoms with Gasteiger partial charge in [0.15, 0.2) is 5.65 Å². The van der Waals surface area contributed by atoms with Crippen LogP contribution in [0.2, 0.25) is 0 Å². The number of nitrogens with zero attached hydrogens (tertiary/aromatic N) is 5. The molecular formula is C17H12N6O4S. The standard InChI is InChI=1S/C17H12N6O4S/c24-23(25)14-4-6-15(7-5-14)28(26,27)21-13-3-1-2-12(10-13)16-8-9-17-19-18-11-22(17)20-16/h1-11,21H. The van der Waals surface area contributed by atoms with E-state index in [2.05, 4.69) is 20.0 Å². The van der Waals surface area contributed by atoms with E-state index < -0.39 is 14.9 Å². The molecule has 0 atom stereocenters. The zero-order valence-electron chi connectivity index (χ0n) is 14.1. The van der Waals surface area contributed by atoms with E-state index in [4.69, 9.17) is 0 Å². The summed E-state index contributed by atoms with van der Waals surface area (Å²) in [5, 5.41) is 22.7. The van der Waals surface area contributed by atoms with E-state index in [1.807, 2.05) is 0 Å². The molecule has 0 spiro atoms. The van der Waals surface area contributed by atoms with E-state index >= 15 is 0 Å². The molecule has 0 saturated heterocycles. The van der Waals surface area contributed by atoms with Gasteiger partial charge in [0.25, 0.3) is 15.7 Å². The summed E-state index contributed by atoms with van der Waals surface area (Å²) < 4.78 is 29.1. The lowest BCUT2D eigenvalue weighted by Gasteiger charge is -2.09. The van der Waals surface area contributed by atoms with Gasteiger partial charge in [-0.1, -0.05) is 12.1 Å². The zero-order chi connectivity index (χ0) is 19.7. The first-order chi connectivity index (χ1) is 13.4. The molecule has 0 bridgehead atoms. The first-order valence-corrected chi connectivity index (χ1v) is 9.45. The van der Waals surface area contributed by atoms with Crippen LogP contribution in [0.4, 0.5) is 11.4 Å². The number of non-ortho nitro benzene ring substituents is 1. The van der Waals surface area contributed by atoms with Crippen molar-refractivity contribution in [2.45, 2.75) is 4.90 Å². The van der Waals surface area contributed by atoms with Crippen LogP contribution >= 0.6 is 0 Å². The number of fused-ring (bicyclic) bond motifs is 1. The van der Waals surface area contributed by atoms with Gasteiger partial charge < -0.3 is 0 Å². The molecule has 0 aliphatic rings. The normalized spacial score (nSPS) is 11.4. The summed E-state index contributed by atoms with van der Waals surface area (Å²) in [5.74, 6) is 0. The van der Waals surface area contributed by atoms with Gasteiger partial charge in [0.05, 0.1) is 15.5 Å². The van der Waals surface area contributed by atoms with Gasteiger partial charge in [-0.05, 0) is 36.4 Å². The van der Waals surface area contributed by atoms with Crippen molar-refractivity contribution >= 4 is 27.0 Å². The van der Waals surface area contributed by atoms with Crippen LogP contribution in [-0.4, -0.2) is 33.2 Å². The molecule has 0 aliphatic carbocycles. The summed E-state index contributed by atoms with van der Waals surface area (Å²) in [6.07, 6.45) is 1.47. The first kappa shape index (κ1) is 17.5. The fourth-order valence-electron chi connectivity index (χ4n) is 2.59. The van der Waals surface area contributed by atoms with Gasteiger partial charge in [-0.2, -0.15) is 9.61 Å². The third-order valence-corrected chi connectivity index (χ3v) is 5.33. The van der Waals surface area contributed by atoms with Gasteiger partial charge in [0.2, 0.25) is 0 Å². The minimum absolute atomic E-state index is 0.0764. The Labute approximate surface area is 158 Å². The summed E-state index contributed by atoms with van der Waals surface area (Å²) in [4.78, 5) is 10.0. The number of aromatic nitrogens is 4. The topological polar surface area (TPSA) is 132 Å². The number of nitro groups is 1. The molecule has 2 aromatic carbocycles. The van der Waals surface area contributed by atoms with Crippen LogP contribution in [0, 0.1) is 10.1 Å². The maximum Gasteiger partial charge on any atom is 0.269 e. The molecule has 0 saturated carbocycles. The lowest BCUT2D eigenvalue weighted by atomic mass is 10.1. The van der Waals surface area contributed by atoms with E-state index in [0.29, 0.717) is 22.6 Å². The Morgan fingerprint density at radius 2 is 1.82 bits per heavy atom. The molecule has 4 rings (SSSR count). The average Bonchev–Trinajstić information content (AvgIpc) is 3.16. The van der Waals surface area contributed by atoms with Crippen LogP contribution in [0.3, 0.4) is 0 Å². The van der Waals surface area contributed by atoms with Crippen molar-refractivity contribution in [1.29, 1.82) is 0 Å². The van der Waals surface area contributed by atoms with Crippen LogP contribution in [0.25, 0.3) is 16.9 Å². The van der Waals surface area contributed by atoms with E-state index in [9.17, 15) is 18.5 Å². The number of nitro benzene ring substituents is 1. The molecule has 0 radical (unpaired) electrons. The summed E-state index contributed by atoms with van der Waals surface area (Å²) in [6.45, 7) is 0. The minimum Gasteiger partial charge on any atom is -0.280 e. The predicted octanol–water partition coefficient (Wildman–Crippen LogP) is 2.50. The number of hydrogen-bond acceptors (Lipinski definition) is 7. The number of anilines is 1. The number of rotatable bonds is 5. The molecule has 140 valence electrons. The van der Waals surface area contributed by atoms with Crippen molar-refractivity contribution in [2.24, 2.45) is 0 Å². The Hall–Kier alpha value is -3.86. The highest BCUT2D eigenvalue weighted by molar-refractivity contribution is 7.92. The first-order valence-electron chi connectivity index (χ1n) is 7.97. The second kappa shape index (κ2) is 6.70. The fourth-order valence-corrected chi connectivity index (χ4v) is 3.64. The zero-order valence-corrected chi connectivity index (χ0v) is 14.9. The van der Waals surface area contributed by atoms with Gasteiger partial charge in [-0.25, -0.2) is 8.42 Å². The fraction of sp³-hybridized carbons (Fsp3) is 0. The lowest BCUT2D eigenvalue weighted by Crippen LogP contribution is -2.13. The Bertz CT molecular complexity index is 1280. The minimum atomic E-state index is -3.90. The Kier molecular flexibility index (Phi) is 4.20. The van der Waals surface area contributed by atoms with Crippen LogP contribution in [0.1, 0.15) is 0 Å². The SMILES string of the molecule is O=[N+]([O-])c1ccc(S(=O)(=O)Nc2cccc(-c3ccc4nncn4n3)c2)cc1. The van der Waals surface area contributed by atoms with E-state index in [1.54, 1.807) is 36.4 Å². The average molecular weight is 396 g/mol. The second-order valence-electron chi connectivity index (χ2n) is 5.79. The van der Waals surface area contributed by atoms with Crippen LogP contribution in [0.5, 0.6) is 0 Å². The third-order valence-electron chi connectivity index (χ3n) is 3.93. The Balaban J connectivity index is 1.62. The summed E-state index contributed by atoms with van der Waals surface area (Å²) in [6, 6.07) is 14.9. The van der Waals surface area contributed by atoms with Crippen molar-refractivity contribution in [1.82, 2.24) is 19.8 Å². The van der Waals surface area contributed by atoms with Gasteiger partial charge >= 0.3 is 0 Å². The molecule has 2 aromatic heterocycles. The summed E-state index contributed by atoms with van der Waals surface area (Å²) >= 11 is 0. The molecule has 0 amide bonds. The van der Waals surface area contributed by atoms with Crippen LogP contribution < -0.4 is 4.72 Å². The summed E-state index contributed by atoms with van der Waals surface area (Å²) in [7, 11) is -3.90. The van der Waals surface area contributed by atoms with E-state index in [-0.39, 0.29) is 10.6 Å². The van der Waals surface area contributed by atoms with Gasteiger partial charge in [-0.3, -0.25) is 14.8 Å². The van der Waals surface area contributed by atoms with E-state index in [0.717, 1.165) is 12.1 Å². The molecule has 0 unspecified atom stereocenters. The van der Waals surface area contributed by atoms with E-state index in [1.165, 1.54) is 23.0 Å². The Morgan fingerprint density at radius 1 is 1.04 bits per heavy atom. The van der Waals surface area contributed by atoms with Crippen molar-refractivity contribution in [3.05, 3.63) is 77.1 Å². The van der Waals surface area contributed by atoms with Gasteiger partial charge in [-0.15, -0.1) is 10.2 Å². The Morgan fingerprint density at radius 3 is 2.57 bits per heavy atom. The number of benzene rings is 2. The molecule has 10 nitrogen and oxygen atoms in total. The van der Waals surface area contributed by atoms with Crippen molar-refractivity contribution in [3.63, 3.8) is 0 Å². The number of hydrogen-bond donors (Lipinski definition) is 1. The molecule has 1 N–H and O–H groups in total. The smallest absolute Gasteiger partial charge is 0.269 e. The highest BCUT2D eigenvalue weighted by Gasteiger charge is 2.16. The molecule has 28 heavy (non-hydrogen) atoms. The molecule has 0 aliphatic heterocycles. The van der Waals surface area contributed by atoms with Crippen molar-refractivity contribution in [2.75, 3.05) is 4.72 Å². The van der Waals surface area contributed by atoms with Crippen LogP contribution in [0.15, 0.2) is 71.9 Å². The molecule has 0 fully saturated rings. The van der Waals surface area contributed by atoms with Crippen molar-refractivity contribution < 1.29 is 13.3 Å². The maximum absolute atomic E-state index is 12.6. The molecule has 2 heterocycles. The van der Waals surface area contributed by atoms with Crippen LogP contribution in [-0.2, 0) is 10.0 Å².